The molecular formula is C15H14FN3O. The van der Waals surface area contributed by atoms with E-state index in [1.165, 1.54) is 18.2 Å². The molecule has 0 aliphatic carbocycles. The van der Waals surface area contributed by atoms with E-state index in [2.05, 4.69) is 17.2 Å². The van der Waals surface area contributed by atoms with Crippen LogP contribution in [0.1, 0.15) is 18.9 Å². The van der Waals surface area contributed by atoms with Gasteiger partial charge in [0.25, 0.3) is 0 Å². The molecule has 0 spiro atoms. The number of hydrogen-bond acceptors (Lipinski definition) is 4. The van der Waals surface area contributed by atoms with Gasteiger partial charge in [0, 0.05) is 12.6 Å². The Bertz CT molecular complexity index is 637. The fraction of sp³-hybridized carbons (Fsp3) is 0.200. The molecule has 0 aliphatic heterocycles. The number of hydrogen-bond donors (Lipinski definition) is 1. The Morgan fingerprint density at radius 2 is 2.10 bits per heavy atom. The van der Waals surface area contributed by atoms with Gasteiger partial charge in [-0.15, -0.1) is 0 Å². The molecule has 20 heavy (non-hydrogen) atoms. The normalized spacial score (nSPS) is 9.85. The van der Waals surface area contributed by atoms with Gasteiger partial charge in [-0.1, -0.05) is 19.1 Å². The second-order valence-electron chi connectivity index (χ2n) is 4.11. The summed E-state index contributed by atoms with van der Waals surface area (Å²) in [6.07, 6.45) is 0.981. The molecule has 0 bridgehead atoms. The Kier molecular flexibility index (Phi) is 4.51. The van der Waals surface area contributed by atoms with Crippen LogP contribution in [0, 0.1) is 17.1 Å². The van der Waals surface area contributed by atoms with Crippen LogP contribution >= 0.6 is 0 Å². The lowest BCUT2D eigenvalue weighted by Gasteiger charge is -2.09. The molecular weight excluding hydrogens is 257 g/mol. The zero-order chi connectivity index (χ0) is 14.4. The minimum atomic E-state index is -0.606. The van der Waals surface area contributed by atoms with Gasteiger partial charge in [-0.05, 0) is 24.6 Å². The number of nitriles is 1. The van der Waals surface area contributed by atoms with Gasteiger partial charge >= 0.3 is 0 Å². The first-order valence-electron chi connectivity index (χ1n) is 6.32. The van der Waals surface area contributed by atoms with Crippen LogP contribution in [-0.4, -0.2) is 11.5 Å². The van der Waals surface area contributed by atoms with Crippen molar-refractivity contribution in [1.29, 1.82) is 5.26 Å². The number of nitrogens with zero attached hydrogens (tertiary/aromatic N) is 2. The molecule has 2 rings (SSSR count). The van der Waals surface area contributed by atoms with Gasteiger partial charge in [-0.2, -0.15) is 10.2 Å². The molecule has 0 saturated heterocycles. The topological polar surface area (TPSA) is 57.9 Å². The molecule has 0 fully saturated rings. The summed E-state index contributed by atoms with van der Waals surface area (Å²) in [5, 5.41) is 12.1. The third-order valence-electron chi connectivity index (χ3n) is 2.58. The maximum Gasteiger partial charge on any atom is 0.221 e. The van der Waals surface area contributed by atoms with Crippen molar-refractivity contribution < 1.29 is 9.13 Å². The fourth-order valence-corrected chi connectivity index (χ4v) is 1.63. The minimum Gasteiger partial charge on any atom is -0.437 e. The number of ether oxygens (including phenoxy) is 1. The van der Waals surface area contributed by atoms with E-state index in [9.17, 15) is 4.39 Å². The van der Waals surface area contributed by atoms with Gasteiger partial charge in [0.15, 0.2) is 0 Å². The van der Waals surface area contributed by atoms with Crippen LogP contribution in [0.4, 0.5) is 10.2 Å². The van der Waals surface area contributed by atoms with E-state index < -0.39 is 5.82 Å². The predicted molar refractivity (Wildman–Crippen MR) is 74.2 cm³/mol. The molecule has 0 aliphatic rings. The van der Waals surface area contributed by atoms with Gasteiger partial charge in [0.1, 0.15) is 29.0 Å². The number of benzene rings is 1. The second kappa shape index (κ2) is 6.53. The van der Waals surface area contributed by atoms with Crippen molar-refractivity contribution in [3.63, 3.8) is 0 Å². The fourth-order valence-electron chi connectivity index (χ4n) is 1.63. The van der Waals surface area contributed by atoms with Gasteiger partial charge in [0.2, 0.25) is 5.88 Å². The van der Waals surface area contributed by atoms with Crippen molar-refractivity contribution in [3.05, 3.63) is 47.8 Å². The highest BCUT2D eigenvalue weighted by molar-refractivity contribution is 5.46. The molecule has 0 unspecified atom stereocenters. The van der Waals surface area contributed by atoms with Gasteiger partial charge in [-0.3, -0.25) is 0 Å². The first-order valence-corrected chi connectivity index (χ1v) is 6.32. The average molecular weight is 271 g/mol. The Morgan fingerprint density at radius 1 is 1.30 bits per heavy atom. The van der Waals surface area contributed by atoms with Gasteiger partial charge in [-0.25, -0.2) is 4.39 Å². The number of aromatic nitrogens is 1. The zero-order valence-electron chi connectivity index (χ0n) is 11.1. The molecule has 2 aromatic rings. The quantitative estimate of drug-likeness (QED) is 0.900. The van der Waals surface area contributed by atoms with Crippen LogP contribution in [0.25, 0.3) is 0 Å². The van der Waals surface area contributed by atoms with Crippen molar-refractivity contribution in [2.45, 2.75) is 13.3 Å². The lowest BCUT2D eigenvalue weighted by molar-refractivity contribution is 0.456. The van der Waals surface area contributed by atoms with Crippen LogP contribution in [0.15, 0.2) is 36.4 Å². The molecule has 0 atom stereocenters. The lowest BCUT2D eigenvalue weighted by atomic mass is 10.2. The second-order valence-corrected chi connectivity index (χ2v) is 4.11. The summed E-state index contributed by atoms with van der Waals surface area (Å²) in [5.41, 5.74) is -0.124. The summed E-state index contributed by atoms with van der Waals surface area (Å²) in [7, 11) is 0. The van der Waals surface area contributed by atoms with E-state index in [-0.39, 0.29) is 11.3 Å². The summed E-state index contributed by atoms with van der Waals surface area (Å²) in [5.74, 6) is 0.547. The van der Waals surface area contributed by atoms with Gasteiger partial charge in [0.05, 0.1) is 0 Å². The first-order chi connectivity index (χ1) is 9.74. The maximum absolute atomic E-state index is 13.5. The minimum absolute atomic E-state index is 0.124. The van der Waals surface area contributed by atoms with E-state index in [0.29, 0.717) is 11.7 Å². The van der Waals surface area contributed by atoms with Crippen molar-refractivity contribution in [1.82, 2.24) is 4.98 Å². The highest BCUT2D eigenvalue weighted by atomic mass is 19.1. The number of halogens is 1. The van der Waals surface area contributed by atoms with Crippen LogP contribution in [0.2, 0.25) is 0 Å². The standard InChI is InChI=1S/C15H14FN3O/c1-2-9-18-14-7-4-8-15(19-14)20-13-6-3-5-12(16)11(13)10-17/h3-8H,2,9H2,1H3,(H,18,19). The maximum atomic E-state index is 13.5. The van der Waals surface area contributed by atoms with Crippen LogP contribution in [0.3, 0.4) is 0 Å². The molecule has 0 saturated carbocycles. The van der Waals surface area contributed by atoms with E-state index in [4.69, 9.17) is 10.00 Å². The van der Waals surface area contributed by atoms with Crippen LogP contribution in [-0.2, 0) is 0 Å². The molecule has 1 N–H and O–H groups in total. The highest BCUT2D eigenvalue weighted by Gasteiger charge is 2.10. The largest absolute Gasteiger partial charge is 0.437 e. The number of anilines is 1. The molecule has 0 amide bonds. The van der Waals surface area contributed by atoms with Crippen molar-refractivity contribution in [3.8, 4) is 17.7 Å². The highest BCUT2D eigenvalue weighted by Crippen LogP contribution is 2.26. The Hall–Kier alpha value is -2.61. The van der Waals surface area contributed by atoms with Crippen molar-refractivity contribution in [2.75, 3.05) is 11.9 Å². The summed E-state index contributed by atoms with van der Waals surface area (Å²) < 4.78 is 19.0. The van der Waals surface area contributed by atoms with Crippen LogP contribution < -0.4 is 10.1 Å². The summed E-state index contributed by atoms with van der Waals surface area (Å²) in [4.78, 5) is 4.25. The smallest absolute Gasteiger partial charge is 0.221 e. The van der Waals surface area contributed by atoms with Crippen molar-refractivity contribution >= 4 is 5.82 Å². The molecule has 4 nitrogen and oxygen atoms in total. The van der Waals surface area contributed by atoms with Crippen molar-refractivity contribution in [2.24, 2.45) is 0 Å². The van der Waals surface area contributed by atoms with E-state index in [0.717, 1.165) is 13.0 Å². The summed E-state index contributed by atoms with van der Waals surface area (Å²) in [6, 6.07) is 11.3. The molecule has 0 radical (unpaired) electrons. The summed E-state index contributed by atoms with van der Waals surface area (Å²) in [6.45, 7) is 2.86. The average Bonchev–Trinajstić information content (AvgIpc) is 2.46. The first kappa shape index (κ1) is 13.8. The van der Waals surface area contributed by atoms with E-state index >= 15 is 0 Å². The Morgan fingerprint density at radius 3 is 2.85 bits per heavy atom. The SMILES string of the molecule is CCCNc1cccc(Oc2cccc(F)c2C#N)n1. The third kappa shape index (κ3) is 3.23. The molecule has 102 valence electrons. The predicted octanol–water partition coefficient (Wildman–Crippen LogP) is 3.71. The molecule has 1 aromatic heterocycles. The number of rotatable bonds is 5. The zero-order valence-corrected chi connectivity index (χ0v) is 11.1. The monoisotopic (exact) mass is 271 g/mol. The summed E-state index contributed by atoms with van der Waals surface area (Å²) >= 11 is 0. The Balaban J connectivity index is 2.22. The number of nitrogens with one attached hydrogen (secondary N) is 1. The van der Waals surface area contributed by atoms with Gasteiger partial charge < -0.3 is 10.1 Å². The molecule has 1 aromatic carbocycles. The van der Waals surface area contributed by atoms with Crippen LogP contribution in [0.5, 0.6) is 11.6 Å². The van der Waals surface area contributed by atoms with E-state index in [1.54, 1.807) is 18.2 Å². The third-order valence-corrected chi connectivity index (χ3v) is 2.58. The van der Waals surface area contributed by atoms with E-state index in [1.807, 2.05) is 6.07 Å². The molecule has 5 heteroatoms. The molecule has 1 heterocycles. The Labute approximate surface area is 116 Å². The lowest BCUT2D eigenvalue weighted by Crippen LogP contribution is -2.02. The number of pyridine rings is 1.